The van der Waals surface area contributed by atoms with E-state index >= 15 is 0 Å². The van der Waals surface area contributed by atoms with Gasteiger partial charge < -0.3 is 53.6 Å². The van der Waals surface area contributed by atoms with Gasteiger partial charge in [0.1, 0.15) is 0 Å². The van der Waals surface area contributed by atoms with Crippen LogP contribution in [0.4, 0.5) is 0 Å². The van der Waals surface area contributed by atoms with Crippen LogP contribution in [-0.2, 0) is 31.3 Å². The van der Waals surface area contributed by atoms with E-state index in [1.165, 1.54) is 0 Å². The number of rotatable bonds is 2. The van der Waals surface area contributed by atoms with Gasteiger partial charge in [-0.1, -0.05) is 19.6 Å². The molecular formula is C15H32BaCaMgO9Ti. The minimum atomic E-state index is 0. The summed E-state index contributed by atoms with van der Waals surface area (Å²) in [5.41, 5.74) is 1.21. The van der Waals surface area contributed by atoms with Gasteiger partial charge >= 0.3 is 110 Å². The Morgan fingerprint density at radius 1 is 0.571 bits per heavy atom. The first-order valence-electron chi connectivity index (χ1n) is 4.73. The van der Waals surface area contributed by atoms with Gasteiger partial charge in [-0.05, 0) is 0 Å². The molecule has 0 unspecified atom stereocenters. The molecule has 156 valence electrons. The fraction of sp³-hybridized carbons (Fsp3) is 0.0667. The molecule has 0 spiro atoms. The molecule has 0 heterocycles. The van der Waals surface area contributed by atoms with Crippen LogP contribution in [0.2, 0.25) is 0 Å². The van der Waals surface area contributed by atoms with E-state index in [-0.39, 0.29) is 183 Å². The predicted molar refractivity (Wildman–Crippen MR) is 116 cm³/mol. The summed E-state index contributed by atoms with van der Waals surface area (Å²) in [6, 6.07) is 17.8. The van der Waals surface area contributed by atoms with Crippen LogP contribution in [0.3, 0.4) is 0 Å². The Hall–Kier alpha value is 1.81. The molecular weight excluding hydrogens is 574 g/mol. The maximum atomic E-state index is 9.88. The van der Waals surface area contributed by atoms with Gasteiger partial charge in [0, 0.05) is 21.7 Å². The molecule has 2 aromatic rings. The van der Waals surface area contributed by atoms with Crippen LogP contribution >= 0.6 is 0 Å². The molecule has 2 aromatic carbocycles. The Kier molecular flexibility index (Phi) is 158. The maximum Gasteiger partial charge on any atom is 2.00 e. The van der Waals surface area contributed by atoms with Crippen LogP contribution in [0, 0.1) is 0 Å². The van der Waals surface area contributed by atoms with Crippen LogP contribution in [0.25, 0.3) is 0 Å². The molecule has 0 saturated heterocycles. The first kappa shape index (κ1) is 78.0. The SMILES string of the molecule is C.O.O.O.O.O.O.O.O=[C-]c1ccccc1.O=[C-]c1ccccc1.[Ba+2].[Ca+2].[H-].[H-].[H-].[H-].[Mg+2].[Ti]. The van der Waals surface area contributed by atoms with Crippen molar-refractivity contribution in [3.63, 3.8) is 0 Å². The second kappa shape index (κ2) is 56.8. The summed E-state index contributed by atoms with van der Waals surface area (Å²) in [5, 5.41) is 0. The van der Waals surface area contributed by atoms with E-state index in [2.05, 4.69) is 0 Å². The molecule has 0 bridgehead atoms. The summed E-state index contributed by atoms with van der Waals surface area (Å²) < 4.78 is 0. The minimum Gasteiger partial charge on any atom is -1.00 e. The summed E-state index contributed by atoms with van der Waals surface area (Å²) in [5.74, 6) is 0. The van der Waals surface area contributed by atoms with Crippen molar-refractivity contribution < 1.29 is 75.3 Å². The van der Waals surface area contributed by atoms with Gasteiger partial charge in [0.25, 0.3) is 0 Å². The van der Waals surface area contributed by atoms with E-state index in [0.717, 1.165) is 0 Å². The Morgan fingerprint density at radius 2 is 0.750 bits per heavy atom. The van der Waals surface area contributed by atoms with Gasteiger partial charge in [0.2, 0.25) is 0 Å². The van der Waals surface area contributed by atoms with Gasteiger partial charge in [-0.2, -0.15) is 35.4 Å². The van der Waals surface area contributed by atoms with E-state index in [1.807, 2.05) is 12.1 Å². The fourth-order valence-electron chi connectivity index (χ4n) is 1.01. The molecule has 0 aliphatic heterocycles. The Labute approximate surface area is 272 Å². The normalized spacial score (nSPS) is 4.86. The molecule has 28 heavy (non-hydrogen) atoms. The van der Waals surface area contributed by atoms with Gasteiger partial charge in [-0.3, -0.25) is 0 Å². The maximum absolute atomic E-state index is 9.88. The van der Waals surface area contributed by atoms with E-state index in [4.69, 9.17) is 0 Å². The Morgan fingerprint density at radius 3 is 0.857 bits per heavy atom. The van der Waals surface area contributed by atoms with Crippen LogP contribution in [0.15, 0.2) is 60.7 Å². The van der Waals surface area contributed by atoms with Crippen LogP contribution in [0.1, 0.15) is 24.3 Å². The van der Waals surface area contributed by atoms with Crippen molar-refractivity contribution in [2.75, 3.05) is 0 Å². The molecule has 0 aromatic heterocycles. The van der Waals surface area contributed by atoms with Crippen molar-refractivity contribution in [3.05, 3.63) is 71.8 Å². The van der Waals surface area contributed by atoms with E-state index in [9.17, 15) is 9.59 Å². The largest absolute Gasteiger partial charge is 2.00 e. The Bertz CT molecular complexity index is 434. The monoisotopic (exact) mass is 606 g/mol. The summed E-state index contributed by atoms with van der Waals surface area (Å²) in [6.45, 7) is 0. The van der Waals surface area contributed by atoms with Crippen LogP contribution in [-0.4, -0.2) is 161 Å². The minimum absolute atomic E-state index is 0. The van der Waals surface area contributed by atoms with E-state index < -0.39 is 0 Å². The molecule has 0 aliphatic carbocycles. The van der Waals surface area contributed by atoms with Crippen molar-refractivity contribution >= 4 is 122 Å². The topological polar surface area (TPSA) is 255 Å². The quantitative estimate of drug-likeness (QED) is 0.249. The zero-order chi connectivity index (χ0) is 11.6. The van der Waals surface area contributed by atoms with Crippen molar-refractivity contribution in [2.45, 2.75) is 7.43 Å². The van der Waals surface area contributed by atoms with Gasteiger partial charge in [0.15, 0.2) is 0 Å². The summed E-state index contributed by atoms with van der Waals surface area (Å²) in [7, 11) is 0. The third-order valence-corrected chi connectivity index (χ3v) is 1.78. The third kappa shape index (κ3) is 42.0. The number of hydrogen-bond donors (Lipinski definition) is 0. The van der Waals surface area contributed by atoms with Gasteiger partial charge in [0.05, 0.1) is 12.6 Å². The molecule has 13 heteroatoms. The van der Waals surface area contributed by atoms with Gasteiger partial charge in [-0.25, -0.2) is 0 Å². The molecule has 0 radical (unpaired) electrons. The zero-order valence-corrected chi connectivity index (χ0v) is 24.3. The summed E-state index contributed by atoms with van der Waals surface area (Å²) in [6.07, 6.45) is 3.55. The predicted octanol–water partition coefficient (Wildman–Crippen LogP) is -3.54. The van der Waals surface area contributed by atoms with Crippen molar-refractivity contribution in [3.8, 4) is 0 Å². The van der Waals surface area contributed by atoms with Gasteiger partial charge in [-0.15, -0.1) is 24.3 Å². The molecule has 14 N–H and O–H groups in total. The first-order chi connectivity index (χ1) is 7.86. The fourth-order valence-corrected chi connectivity index (χ4v) is 1.01. The smallest absolute Gasteiger partial charge is 1.00 e. The molecule has 9 nitrogen and oxygen atoms in total. The van der Waals surface area contributed by atoms with Crippen molar-refractivity contribution in [1.29, 1.82) is 0 Å². The standard InChI is InChI=1S/2C7H5O.CH4.Ba.Ca.Mg.7H2O.Ti.4H/c2*8-6-7-4-2-1-3-5-7;;;;;;;;;;;;;;;;/h2*1-5H;1H4;;;;7*1H2;;;;;/q2*-1;;3*+2;;;;;;;;;4*-1. The molecule has 0 fully saturated rings. The molecule has 0 aliphatic rings. The van der Waals surface area contributed by atoms with E-state index in [1.54, 1.807) is 61.1 Å². The third-order valence-electron chi connectivity index (χ3n) is 1.78. The van der Waals surface area contributed by atoms with Crippen LogP contribution in [0.5, 0.6) is 0 Å². The molecule has 2 rings (SSSR count). The second-order valence-corrected chi connectivity index (χ2v) is 2.94. The summed E-state index contributed by atoms with van der Waals surface area (Å²) in [4.78, 5) is 19.8. The number of hydrogen-bond acceptors (Lipinski definition) is 2. The summed E-state index contributed by atoms with van der Waals surface area (Å²) >= 11 is 0. The average Bonchev–Trinajstić information content (AvgIpc) is 2.41. The van der Waals surface area contributed by atoms with Crippen molar-refractivity contribution in [1.82, 2.24) is 0 Å². The molecule has 0 saturated carbocycles. The molecule has 0 amide bonds. The number of carbonyl (C=O) groups excluding carboxylic acids is 2. The van der Waals surface area contributed by atoms with Crippen LogP contribution < -0.4 is 0 Å². The Balaban J connectivity index is -0.00000000762. The average molecular weight is 606 g/mol. The van der Waals surface area contributed by atoms with E-state index in [0.29, 0.717) is 11.1 Å². The first-order valence-corrected chi connectivity index (χ1v) is 4.73. The number of benzene rings is 2. The molecule has 0 atom stereocenters. The zero-order valence-electron chi connectivity index (χ0n) is 18.7. The second-order valence-electron chi connectivity index (χ2n) is 2.94. The van der Waals surface area contributed by atoms with Crippen molar-refractivity contribution in [2.24, 2.45) is 0 Å².